The summed E-state index contributed by atoms with van der Waals surface area (Å²) in [5, 5.41) is 0.438. The molecule has 1 aliphatic heterocycles. The number of rotatable bonds is 6. The zero-order chi connectivity index (χ0) is 28.0. The number of ether oxygens (including phenoxy) is 2. The summed E-state index contributed by atoms with van der Waals surface area (Å²) < 4.78 is 17.9. The van der Waals surface area contributed by atoms with Gasteiger partial charge in [-0.2, -0.15) is 0 Å². The van der Waals surface area contributed by atoms with Gasteiger partial charge in [-0.1, -0.05) is 42.5 Å². The second-order valence-electron chi connectivity index (χ2n) is 10.0. The maximum Gasteiger partial charge on any atom is 0.296 e. The minimum absolute atomic E-state index is 0.0254. The van der Waals surface area contributed by atoms with Gasteiger partial charge in [0.15, 0.2) is 16.9 Å². The average molecular weight is 533 g/mol. The van der Waals surface area contributed by atoms with Gasteiger partial charge < -0.3 is 13.9 Å². The Morgan fingerprint density at radius 1 is 0.875 bits per heavy atom. The normalized spacial score (nSPS) is 14.4. The smallest absolute Gasteiger partial charge is 0.296 e. The van der Waals surface area contributed by atoms with Crippen LogP contribution in [0.1, 0.15) is 50.1 Å². The second kappa shape index (κ2) is 10.0. The van der Waals surface area contributed by atoms with E-state index in [1.54, 1.807) is 25.3 Å². The molecule has 5 aromatic rings. The van der Waals surface area contributed by atoms with E-state index in [0.717, 1.165) is 22.4 Å². The molecule has 0 aliphatic carbocycles. The highest BCUT2D eigenvalue weighted by molar-refractivity contribution is 6.10. The molecule has 1 atom stereocenters. The van der Waals surface area contributed by atoms with Crippen LogP contribution in [-0.2, 0) is 6.61 Å². The van der Waals surface area contributed by atoms with Crippen molar-refractivity contribution >= 4 is 22.7 Å². The molecule has 7 heteroatoms. The Hall–Kier alpha value is -4.91. The third-order valence-electron chi connectivity index (χ3n) is 7.35. The number of pyridine rings is 1. The van der Waals surface area contributed by atoms with Crippen molar-refractivity contribution in [3.05, 3.63) is 128 Å². The molecule has 0 spiro atoms. The number of benzene rings is 3. The van der Waals surface area contributed by atoms with Gasteiger partial charge in [-0.25, -0.2) is 4.98 Å². The molecule has 0 radical (unpaired) electrons. The first kappa shape index (κ1) is 25.4. The van der Waals surface area contributed by atoms with Crippen LogP contribution >= 0.6 is 0 Å². The summed E-state index contributed by atoms with van der Waals surface area (Å²) in [5.41, 5.74) is 4.83. The number of hydrogen-bond donors (Lipinski definition) is 0. The molecule has 3 aromatic carbocycles. The Morgan fingerprint density at radius 2 is 1.65 bits per heavy atom. The number of anilines is 1. The van der Waals surface area contributed by atoms with Crippen LogP contribution in [0, 0.1) is 20.8 Å². The zero-order valence-electron chi connectivity index (χ0n) is 22.7. The van der Waals surface area contributed by atoms with E-state index in [0.29, 0.717) is 40.5 Å². The molecule has 1 amide bonds. The molecular formula is C33H28N2O5. The monoisotopic (exact) mass is 532 g/mol. The number of aromatic nitrogens is 1. The molecule has 0 fully saturated rings. The lowest BCUT2D eigenvalue weighted by molar-refractivity contribution is 0.0970. The van der Waals surface area contributed by atoms with E-state index < -0.39 is 11.9 Å². The first-order valence-corrected chi connectivity index (χ1v) is 13.1. The summed E-state index contributed by atoms with van der Waals surface area (Å²) in [4.78, 5) is 34.1. The molecule has 0 saturated heterocycles. The topological polar surface area (TPSA) is 81.9 Å². The number of amides is 1. The maximum atomic E-state index is 14.0. The molecule has 1 unspecified atom stereocenters. The van der Waals surface area contributed by atoms with Gasteiger partial charge in [0.25, 0.3) is 5.91 Å². The molecule has 1 aliphatic rings. The Kier molecular flexibility index (Phi) is 6.34. The summed E-state index contributed by atoms with van der Waals surface area (Å²) in [6.07, 6.45) is 0. The van der Waals surface area contributed by atoms with Crippen molar-refractivity contribution < 1.29 is 18.7 Å². The van der Waals surface area contributed by atoms with Crippen molar-refractivity contribution in [2.45, 2.75) is 33.4 Å². The number of carbonyl (C=O) groups excluding carboxylic acids is 1. The molecule has 0 bridgehead atoms. The number of methoxy groups -OCH3 is 1. The van der Waals surface area contributed by atoms with Gasteiger partial charge in [0.2, 0.25) is 5.76 Å². The summed E-state index contributed by atoms with van der Waals surface area (Å²) >= 11 is 0. The number of aryl methyl sites for hydroxylation is 3. The van der Waals surface area contributed by atoms with Gasteiger partial charge in [-0.3, -0.25) is 14.5 Å². The molecule has 0 N–H and O–H groups in total. The summed E-state index contributed by atoms with van der Waals surface area (Å²) in [6, 6.07) is 23.6. The van der Waals surface area contributed by atoms with Crippen LogP contribution in [-0.4, -0.2) is 18.0 Å². The number of nitrogens with zero attached hydrogens (tertiary/aromatic N) is 2. The van der Waals surface area contributed by atoms with Crippen LogP contribution in [0.5, 0.6) is 11.5 Å². The Bertz CT molecular complexity index is 1830. The summed E-state index contributed by atoms with van der Waals surface area (Å²) in [7, 11) is 1.56. The van der Waals surface area contributed by atoms with Crippen molar-refractivity contribution in [2.75, 3.05) is 12.0 Å². The Labute approximate surface area is 231 Å². The van der Waals surface area contributed by atoms with E-state index >= 15 is 0 Å². The van der Waals surface area contributed by atoms with Gasteiger partial charge in [-0.15, -0.1) is 0 Å². The predicted octanol–water partition coefficient (Wildman–Crippen LogP) is 6.45. The summed E-state index contributed by atoms with van der Waals surface area (Å²) in [6.45, 7) is 6.13. The fourth-order valence-corrected chi connectivity index (χ4v) is 5.15. The van der Waals surface area contributed by atoms with Crippen molar-refractivity contribution in [2.24, 2.45) is 0 Å². The standard InChI is InChI=1S/C33H28N2O5/c1-19-15-24-26(16-20(19)2)40-32-29(31(24)36)30(35(33(32)37)28-12-8-9-21(3)34-28)23-13-14-25(27(17-23)38-4)39-18-22-10-6-5-7-11-22/h5-17,30H,18H2,1-4H3. The number of carbonyl (C=O) groups is 1. The van der Waals surface area contributed by atoms with E-state index in [1.807, 2.05) is 81.4 Å². The fourth-order valence-electron chi connectivity index (χ4n) is 5.15. The van der Waals surface area contributed by atoms with E-state index in [4.69, 9.17) is 13.9 Å². The van der Waals surface area contributed by atoms with E-state index in [2.05, 4.69) is 4.98 Å². The number of fused-ring (bicyclic) bond motifs is 2. The van der Waals surface area contributed by atoms with Crippen molar-refractivity contribution in [1.82, 2.24) is 4.98 Å². The maximum absolute atomic E-state index is 14.0. The molecule has 200 valence electrons. The number of hydrogen-bond acceptors (Lipinski definition) is 6. The van der Waals surface area contributed by atoms with Gasteiger partial charge >= 0.3 is 0 Å². The Balaban J connectivity index is 1.51. The highest BCUT2D eigenvalue weighted by Crippen LogP contribution is 2.43. The molecule has 7 nitrogen and oxygen atoms in total. The van der Waals surface area contributed by atoms with Crippen LogP contribution in [0.25, 0.3) is 11.0 Å². The van der Waals surface area contributed by atoms with Crippen LogP contribution in [0.15, 0.2) is 88.1 Å². The van der Waals surface area contributed by atoms with E-state index in [9.17, 15) is 9.59 Å². The minimum Gasteiger partial charge on any atom is -0.493 e. The first-order valence-electron chi connectivity index (χ1n) is 13.1. The fraction of sp³-hybridized carbons (Fsp3) is 0.182. The van der Waals surface area contributed by atoms with Gasteiger partial charge in [0, 0.05) is 5.69 Å². The lowest BCUT2D eigenvalue weighted by Gasteiger charge is -2.25. The molecular weight excluding hydrogens is 504 g/mol. The van der Waals surface area contributed by atoms with Gasteiger partial charge in [0.1, 0.15) is 18.0 Å². The molecule has 0 saturated carbocycles. The van der Waals surface area contributed by atoms with Crippen LogP contribution in [0.4, 0.5) is 5.82 Å². The van der Waals surface area contributed by atoms with Crippen LogP contribution < -0.4 is 19.8 Å². The van der Waals surface area contributed by atoms with Crippen LogP contribution in [0.2, 0.25) is 0 Å². The molecule has 3 heterocycles. The van der Waals surface area contributed by atoms with Gasteiger partial charge in [0.05, 0.1) is 24.1 Å². The minimum atomic E-state index is -0.767. The lowest BCUT2D eigenvalue weighted by Crippen LogP contribution is -2.30. The van der Waals surface area contributed by atoms with Crippen LogP contribution in [0.3, 0.4) is 0 Å². The Morgan fingerprint density at radius 3 is 2.40 bits per heavy atom. The lowest BCUT2D eigenvalue weighted by atomic mass is 9.97. The van der Waals surface area contributed by atoms with Crippen molar-refractivity contribution in [3.8, 4) is 11.5 Å². The second-order valence-corrected chi connectivity index (χ2v) is 10.0. The highest BCUT2D eigenvalue weighted by Gasteiger charge is 2.44. The average Bonchev–Trinajstić information content (AvgIpc) is 3.25. The van der Waals surface area contributed by atoms with Crippen molar-refractivity contribution in [1.29, 1.82) is 0 Å². The van der Waals surface area contributed by atoms with E-state index in [1.165, 1.54) is 4.90 Å². The van der Waals surface area contributed by atoms with E-state index in [-0.39, 0.29) is 16.8 Å². The highest BCUT2D eigenvalue weighted by atomic mass is 16.5. The van der Waals surface area contributed by atoms with Crippen molar-refractivity contribution in [3.63, 3.8) is 0 Å². The summed E-state index contributed by atoms with van der Waals surface area (Å²) in [5.74, 6) is 1.08. The molecule has 40 heavy (non-hydrogen) atoms. The SMILES string of the molecule is COc1cc(C2c3c(oc4cc(C)c(C)cc4c3=O)C(=O)N2c2cccc(C)n2)ccc1OCc1ccccc1. The first-order chi connectivity index (χ1) is 19.4. The largest absolute Gasteiger partial charge is 0.493 e. The third-order valence-corrected chi connectivity index (χ3v) is 7.35. The molecule has 6 rings (SSSR count). The quantitative estimate of drug-likeness (QED) is 0.250. The molecule has 2 aromatic heterocycles. The van der Waals surface area contributed by atoms with Gasteiger partial charge in [-0.05, 0) is 79.4 Å². The zero-order valence-corrected chi connectivity index (χ0v) is 22.7. The third kappa shape index (κ3) is 4.29. The predicted molar refractivity (Wildman–Crippen MR) is 153 cm³/mol.